The SMILES string of the molecule is CCCN(CCC)[C@H]1CNCc2c1cc(OC)c(OC)c2OC. The molecule has 5 nitrogen and oxygen atoms in total. The zero-order valence-corrected chi connectivity index (χ0v) is 15.1. The fraction of sp³-hybridized carbons (Fsp3) is 0.667. The zero-order chi connectivity index (χ0) is 16.8. The van der Waals surface area contributed by atoms with Gasteiger partial charge in [0.25, 0.3) is 0 Å². The van der Waals surface area contributed by atoms with Crippen LogP contribution in [0.3, 0.4) is 0 Å². The van der Waals surface area contributed by atoms with Crippen LogP contribution in [0.25, 0.3) is 0 Å². The molecule has 0 unspecified atom stereocenters. The van der Waals surface area contributed by atoms with Crippen molar-refractivity contribution in [3.05, 3.63) is 17.2 Å². The summed E-state index contributed by atoms with van der Waals surface area (Å²) in [5.74, 6) is 2.20. The second-order valence-electron chi connectivity index (χ2n) is 5.90. The molecule has 1 aliphatic heterocycles. The van der Waals surface area contributed by atoms with E-state index in [1.165, 1.54) is 11.1 Å². The zero-order valence-electron chi connectivity index (χ0n) is 15.1. The summed E-state index contributed by atoms with van der Waals surface area (Å²) in [7, 11) is 5.02. The second-order valence-corrected chi connectivity index (χ2v) is 5.90. The van der Waals surface area contributed by atoms with Gasteiger partial charge in [0.15, 0.2) is 11.5 Å². The van der Waals surface area contributed by atoms with Gasteiger partial charge in [-0.25, -0.2) is 0 Å². The number of benzene rings is 1. The van der Waals surface area contributed by atoms with E-state index < -0.39 is 0 Å². The summed E-state index contributed by atoms with van der Waals surface area (Å²) in [5.41, 5.74) is 2.47. The van der Waals surface area contributed by atoms with E-state index in [-0.39, 0.29) is 0 Å². The second kappa shape index (κ2) is 8.41. The Morgan fingerprint density at radius 1 is 1.04 bits per heavy atom. The minimum absolute atomic E-state index is 0.340. The molecule has 0 fully saturated rings. The predicted molar refractivity (Wildman–Crippen MR) is 92.7 cm³/mol. The minimum atomic E-state index is 0.340. The lowest BCUT2D eigenvalue weighted by Crippen LogP contribution is -2.40. The van der Waals surface area contributed by atoms with Crippen LogP contribution in [0.5, 0.6) is 17.2 Å². The predicted octanol–water partition coefficient (Wildman–Crippen LogP) is 2.98. The monoisotopic (exact) mass is 322 g/mol. The third-order valence-electron chi connectivity index (χ3n) is 4.43. The molecule has 0 saturated carbocycles. The van der Waals surface area contributed by atoms with Gasteiger partial charge in [-0.15, -0.1) is 0 Å². The topological polar surface area (TPSA) is 43.0 Å². The highest BCUT2D eigenvalue weighted by Gasteiger charge is 2.30. The van der Waals surface area contributed by atoms with E-state index in [2.05, 4.69) is 30.1 Å². The number of methoxy groups -OCH3 is 3. The number of nitrogens with one attached hydrogen (secondary N) is 1. The lowest BCUT2D eigenvalue weighted by atomic mass is 9.93. The van der Waals surface area contributed by atoms with Crippen LogP contribution >= 0.6 is 0 Å². The molecule has 0 saturated heterocycles. The van der Waals surface area contributed by atoms with Gasteiger partial charge in [-0.2, -0.15) is 0 Å². The molecule has 0 spiro atoms. The maximum absolute atomic E-state index is 5.66. The molecule has 1 N–H and O–H groups in total. The van der Waals surface area contributed by atoms with Gasteiger partial charge in [-0.1, -0.05) is 13.8 Å². The number of hydrogen-bond donors (Lipinski definition) is 1. The Balaban J connectivity index is 2.51. The van der Waals surface area contributed by atoms with Crippen molar-refractivity contribution in [2.24, 2.45) is 0 Å². The Morgan fingerprint density at radius 3 is 2.22 bits per heavy atom. The average Bonchev–Trinajstić information content (AvgIpc) is 2.59. The molecular weight excluding hydrogens is 292 g/mol. The van der Waals surface area contributed by atoms with Crippen molar-refractivity contribution in [2.75, 3.05) is 41.0 Å². The molecule has 1 aliphatic rings. The van der Waals surface area contributed by atoms with Gasteiger partial charge in [-0.05, 0) is 37.6 Å². The highest BCUT2D eigenvalue weighted by molar-refractivity contribution is 5.60. The highest BCUT2D eigenvalue weighted by Crippen LogP contribution is 2.45. The molecule has 0 radical (unpaired) electrons. The van der Waals surface area contributed by atoms with Crippen LogP contribution in [0.4, 0.5) is 0 Å². The lowest BCUT2D eigenvalue weighted by molar-refractivity contribution is 0.183. The largest absolute Gasteiger partial charge is 0.493 e. The maximum Gasteiger partial charge on any atom is 0.203 e. The summed E-state index contributed by atoms with van der Waals surface area (Å²) < 4.78 is 16.7. The summed E-state index contributed by atoms with van der Waals surface area (Å²) in [4.78, 5) is 2.55. The molecule has 0 bridgehead atoms. The number of fused-ring (bicyclic) bond motifs is 1. The first-order chi connectivity index (χ1) is 11.2. The van der Waals surface area contributed by atoms with Gasteiger partial charge in [0, 0.05) is 24.7 Å². The fourth-order valence-electron chi connectivity index (χ4n) is 3.48. The van der Waals surface area contributed by atoms with Crippen molar-refractivity contribution >= 4 is 0 Å². The quantitative estimate of drug-likeness (QED) is 0.797. The molecule has 0 amide bonds. The molecule has 1 atom stereocenters. The fourth-order valence-corrected chi connectivity index (χ4v) is 3.48. The molecular formula is C18H30N2O3. The molecule has 23 heavy (non-hydrogen) atoms. The number of hydrogen-bond acceptors (Lipinski definition) is 5. The minimum Gasteiger partial charge on any atom is -0.493 e. The number of nitrogens with zero attached hydrogens (tertiary/aromatic N) is 1. The molecule has 130 valence electrons. The van der Waals surface area contributed by atoms with Gasteiger partial charge in [0.1, 0.15) is 0 Å². The molecule has 0 aliphatic carbocycles. The van der Waals surface area contributed by atoms with Crippen molar-refractivity contribution in [3.63, 3.8) is 0 Å². The Kier molecular flexibility index (Phi) is 6.54. The average molecular weight is 322 g/mol. The van der Waals surface area contributed by atoms with Crippen LogP contribution in [0.15, 0.2) is 6.07 Å². The molecule has 5 heteroatoms. The Bertz CT molecular complexity index is 513. The Labute approximate surface area is 139 Å². The lowest BCUT2D eigenvalue weighted by Gasteiger charge is -2.37. The normalized spacial score (nSPS) is 17.0. The van der Waals surface area contributed by atoms with Crippen LogP contribution in [0.2, 0.25) is 0 Å². The van der Waals surface area contributed by atoms with Gasteiger partial charge >= 0.3 is 0 Å². The molecule has 1 heterocycles. The van der Waals surface area contributed by atoms with E-state index in [1.54, 1.807) is 21.3 Å². The van der Waals surface area contributed by atoms with E-state index in [0.29, 0.717) is 11.8 Å². The molecule has 1 aromatic rings. The smallest absolute Gasteiger partial charge is 0.203 e. The van der Waals surface area contributed by atoms with Crippen molar-refractivity contribution < 1.29 is 14.2 Å². The van der Waals surface area contributed by atoms with E-state index in [1.807, 2.05) is 0 Å². The number of ether oxygens (including phenoxy) is 3. The van der Waals surface area contributed by atoms with Crippen LogP contribution in [-0.4, -0.2) is 45.9 Å². The summed E-state index contributed by atoms with van der Waals surface area (Å²) in [6.07, 6.45) is 2.30. The number of rotatable bonds is 8. The van der Waals surface area contributed by atoms with Gasteiger partial charge in [0.2, 0.25) is 5.75 Å². The first-order valence-electron chi connectivity index (χ1n) is 8.48. The maximum atomic E-state index is 5.66. The van der Waals surface area contributed by atoms with E-state index in [9.17, 15) is 0 Å². The highest BCUT2D eigenvalue weighted by atomic mass is 16.5. The van der Waals surface area contributed by atoms with Crippen LogP contribution in [0.1, 0.15) is 43.9 Å². The molecule has 0 aromatic heterocycles. The first kappa shape index (κ1) is 17.9. The third kappa shape index (κ3) is 3.56. The van der Waals surface area contributed by atoms with Crippen molar-refractivity contribution in [3.8, 4) is 17.2 Å². The van der Waals surface area contributed by atoms with Crippen molar-refractivity contribution in [1.82, 2.24) is 10.2 Å². The van der Waals surface area contributed by atoms with E-state index >= 15 is 0 Å². The Hall–Kier alpha value is -1.46. The van der Waals surface area contributed by atoms with Crippen LogP contribution in [-0.2, 0) is 6.54 Å². The van der Waals surface area contributed by atoms with E-state index in [4.69, 9.17) is 14.2 Å². The van der Waals surface area contributed by atoms with Crippen LogP contribution < -0.4 is 19.5 Å². The third-order valence-corrected chi connectivity index (χ3v) is 4.43. The van der Waals surface area contributed by atoms with E-state index in [0.717, 1.165) is 50.5 Å². The van der Waals surface area contributed by atoms with Gasteiger partial charge in [0.05, 0.1) is 21.3 Å². The molecule has 2 rings (SSSR count). The van der Waals surface area contributed by atoms with Crippen molar-refractivity contribution in [2.45, 2.75) is 39.3 Å². The first-order valence-corrected chi connectivity index (χ1v) is 8.48. The summed E-state index contributed by atoms with van der Waals surface area (Å²) in [6.45, 7) is 8.39. The summed E-state index contributed by atoms with van der Waals surface area (Å²) >= 11 is 0. The van der Waals surface area contributed by atoms with Gasteiger partial charge < -0.3 is 19.5 Å². The Morgan fingerprint density at radius 2 is 1.70 bits per heavy atom. The molecule has 1 aromatic carbocycles. The van der Waals surface area contributed by atoms with Crippen LogP contribution in [0, 0.1) is 0 Å². The van der Waals surface area contributed by atoms with Gasteiger partial charge in [-0.3, -0.25) is 4.90 Å². The van der Waals surface area contributed by atoms with Crippen molar-refractivity contribution in [1.29, 1.82) is 0 Å². The summed E-state index contributed by atoms with van der Waals surface area (Å²) in [5, 5.41) is 3.53. The standard InChI is InChI=1S/C18H30N2O3/c1-6-8-20(9-7-2)15-12-19-11-14-13(15)10-16(21-3)18(23-5)17(14)22-4/h10,15,19H,6-9,11-12H2,1-5H3/t15-/m0/s1. The summed E-state index contributed by atoms with van der Waals surface area (Å²) in [6, 6.07) is 2.47.